The van der Waals surface area contributed by atoms with Crippen LogP contribution in [0.15, 0.2) is 4.79 Å². The van der Waals surface area contributed by atoms with Crippen LogP contribution in [0.2, 0.25) is 0 Å². The Kier molecular flexibility index (Phi) is 5.56. The van der Waals surface area contributed by atoms with E-state index < -0.39 is 0 Å². The van der Waals surface area contributed by atoms with Crippen LogP contribution in [0.3, 0.4) is 0 Å². The topological polar surface area (TPSA) is 66.5 Å². The maximum atomic E-state index is 11.7. The highest BCUT2D eigenvalue weighted by Crippen LogP contribution is 2.38. The third-order valence-corrected chi connectivity index (χ3v) is 4.75. The summed E-state index contributed by atoms with van der Waals surface area (Å²) in [4.78, 5) is 22.0. The molecule has 2 aromatic heterocycles. The molecule has 2 heterocycles. The molecule has 0 spiro atoms. The van der Waals surface area contributed by atoms with Crippen LogP contribution in [-0.2, 0) is 6.54 Å². The summed E-state index contributed by atoms with van der Waals surface area (Å²) >= 11 is 5.27. The molecule has 2 aromatic rings. The molecule has 0 aromatic carbocycles. The number of aromatic nitrogens is 4. The zero-order valence-corrected chi connectivity index (χ0v) is 14.7. The molecule has 0 aliphatic heterocycles. The molecule has 0 bridgehead atoms. The molecule has 6 heteroatoms. The molecule has 0 unspecified atom stereocenters. The Labute approximate surface area is 136 Å². The summed E-state index contributed by atoms with van der Waals surface area (Å²) in [5.41, 5.74) is 1.17. The minimum absolute atomic E-state index is 0.186. The Hall–Kier alpha value is -1.43. The van der Waals surface area contributed by atoms with Gasteiger partial charge in [0.25, 0.3) is 0 Å². The molecule has 2 N–H and O–H groups in total. The minimum atomic E-state index is -0.186. The summed E-state index contributed by atoms with van der Waals surface area (Å²) in [6.07, 6.45) is 5.00. The van der Waals surface area contributed by atoms with Gasteiger partial charge in [0.15, 0.2) is 5.65 Å². The number of hydrogen-bond donors (Lipinski definition) is 2. The lowest BCUT2D eigenvalue weighted by Gasteiger charge is -2.00. The van der Waals surface area contributed by atoms with Crippen molar-refractivity contribution in [3.63, 3.8) is 0 Å². The molecule has 1 aliphatic rings. The lowest BCUT2D eigenvalue weighted by molar-refractivity contribution is 0.544. The van der Waals surface area contributed by atoms with Crippen LogP contribution in [-0.4, -0.2) is 19.5 Å². The van der Waals surface area contributed by atoms with Crippen molar-refractivity contribution in [3.8, 4) is 0 Å². The van der Waals surface area contributed by atoms with Crippen LogP contribution in [0.25, 0.3) is 11.2 Å². The van der Waals surface area contributed by atoms with Gasteiger partial charge in [-0.25, -0.2) is 9.78 Å². The number of imidazole rings is 1. The lowest BCUT2D eigenvalue weighted by Crippen LogP contribution is -2.22. The van der Waals surface area contributed by atoms with Gasteiger partial charge in [0.05, 0.1) is 0 Å². The second-order valence-corrected chi connectivity index (χ2v) is 6.41. The Balaban J connectivity index is 0.000000254. The second-order valence-electron chi connectivity index (χ2n) is 6.02. The van der Waals surface area contributed by atoms with E-state index in [0.29, 0.717) is 22.8 Å². The molecule has 0 saturated heterocycles. The van der Waals surface area contributed by atoms with Gasteiger partial charge in [-0.15, -0.1) is 0 Å². The molecule has 5 nitrogen and oxygen atoms in total. The predicted molar refractivity (Wildman–Crippen MR) is 92.9 cm³/mol. The molecule has 122 valence electrons. The Morgan fingerprint density at radius 3 is 2.36 bits per heavy atom. The van der Waals surface area contributed by atoms with Crippen molar-refractivity contribution in [3.05, 3.63) is 20.9 Å². The fourth-order valence-corrected chi connectivity index (χ4v) is 2.52. The van der Waals surface area contributed by atoms with Crippen molar-refractivity contribution in [1.82, 2.24) is 19.5 Å². The molecule has 3 rings (SSSR count). The SMILES string of the molecule is CCC(C)CC.CCn1c(=O)[nH]c2nc(C3CC3)[nH]c2c1=S. The van der Waals surface area contributed by atoms with Crippen LogP contribution >= 0.6 is 12.2 Å². The number of aromatic amines is 2. The lowest BCUT2D eigenvalue weighted by atomic mass is 10.1. The Morgan fingerprint density at radius 2 is 1.91 bits per heavy atom. The van der Waals surface area contributed by atoms with Crippen molar-refractivity contribution >= 4 is 23.4 Å². The maximum absolute atomic E-state index is 11.7. The average molecular weight is 322 g/mol. The van der Waals surface area contributed by atoms with Crippen LogP contribution in [0, 0.1) is 10.6 Å². The fraction of sp³-hybridized carbons (Fsp3) is 0.688. The third-order valence-electron chi connectivity index (χ3n) is 4.33. The number of hydrogen-bond acceptors (Lipinski definition) is 3. The van der Waals surface area contributed by atoms with Crippen molar-refractivity contribution in [2.75, 3.05) is 0 Å². The van der Waals surface area contributed by atoms with Crippen molar-refractivity contribution < 1.29 is 0 Å². The van der Waals surface area contributed by atoms with Crippen LogP contribution < -0.4 is 5.69 Å². The largest absolute Gasteiger partial charge is 0.338 e. The maximum Gasteiger partial charge on any atom is 0.328 e. The van der Waals surface area contributed by atoms with Crippen molar-refractivity contribution in [2.24, 2.45) is 5.92 Å². The quantitative estimate of drug-likeness (QED) is 0.832. The number of nitrogens with zero attached hydrogens (tertiary/aromatic N) is 2. The summed E-state index contributed by atoms with van der Waals surface area (Å²) in [6, 6.07) is 0. The van der Waals surface area contributed by atoms with E-state index in [2.05, 4.69) is 35.7 Å². The summed E-state index contributed by atoms with van der Waals surface area (Å²) in [5, 5.41) is 0. The summed E-state index contributed by atoms with van der Waals surface area (Å²) in [7, 11) is 0. The molecule has 1 fully saturated rings. The van der Waals surface area contributed by atoms with E-state index in [1.807, 2.05) is 6.92 Å². The standard InChI is InChI=1S/C10H12N4OS.C6H14/c1-2-14-9(16)6-8(13-10(14)15)12-7(11-6)5-3-4-5;1-4-6(3)5-2/h5H,2-4H2,1H3,(H,11,12)(H,13,15);6H,4-5H2,1-3H3. The first-order valence-electron chi connectivity index (χ1n) is 8.24. The highest BCUT2D eigenvalue weighted by Gasteiger charge is 2.27. The van der Waals surface area contributed by atoms with Crippen molar-refractivity contribution in [1.29, 1.82) is 0 Å². The van der Waals surface area contributed by atoms with E-state index in [4.69, 9.17) is 12.2 Å². The summed E-state index contributed by atoms with van der Waals surface area (Å²) < 4.78 is 2.08. The van der Waals surface area contributed by atoms with Gasteiger partial charge in [0, 0.05) is 12.5 Å². The third kappa shape index (κ3) is 3.66. The average Bonchev–Trinajstić information content (AvgIpc) is 3.28. The minimum Gasteiger partial charge on any atom is -0.338 e. The Bertz CT molecular complexity index is 735. The molecular weight excluding hydrogens is 296 g/mol. The normalized spacial score (nSPS) is 14.2. The number of H-pyrrole nitrogens is 2. The first-order chi connectivity index (χ1) is 10.5. The highest BCUT2D eigenvalue weighted by atomic mass is 32.1. The molecule has 1 saturated carbocycles. The fourth-order valence-electron chi connectivity index (χ4n) is 2.16. The van der Waals surface area contributed by atoms with E-state index in [-0.39, 0.29) is 5.69 Å². The summed E-state index contributed by atoms with van der Waals surface area (Å²) in [5.74, 6) is 2.41. The predicted octanol–water partition coefficient (Wildman–Crippen LogP) is 4.12. The second kappa shape index (κ2) is 7.22. The molecule has 22 heavy (non-hydrogen) atoms. The van der Waals surface area contributed by atoms with Crippen LogP contribution in [0.1, 0.15) is 65.1 Å². The molecule has 1 aliphatic carbocycles. The van der Waals surface area contributed by atoms with E-state index >= 15 is 0 Å². The van der Waals surface area contributed by atoms with Gasteiger partial charge >= 0.3 is 5.69 Å². The van der Waals surface area contributed by atoms with Gasteiger partial charge in [-0.05, 0) is 25.7 Å². The first-order valence-corrected chi connectivity index (χ1v) is 8.65. The van der Waals surface area contributed by atoms with E-state index in [1.165, 1.54) is 30.3 Å². The smallest absolute Gasteiger partial charge is 0.328 e. The Morgan fingerprint density at radius 1 is 1.27 bits per heavy atom. The van der Waals surface area contributed by atoms with Gasteiger partial charge in [-0.3, -0.25) is 9.55 Å². The van der Waals surface area contributed by atoms with Gasteiger partial charge in [0.1, 0.15) is 16.0 Å². The van der Waals surface area contributed by atoms with Gasteiger partial charge in [-0.2, -0.15) is 0 Å². The van der Waals surface area contributed by atoms with Gasteiger partial charge in [-0.1, -0.05) is 45.8 Å². The molecule has 0 atom stereocenters. The number of fused-ring (bicyclic) bond motifs is 1. The van der Waals surface area contributed by atoms with E-state index in [0.717, 1.165) is 17.3 Å². The highest BCUT2D eigenvalue weighted by molar-refractivity contribution is 7.71. The van der Waals surface area contributed by atoms with E-state index in [9.17, 15) is 4.79 Å². The summed E-state index contributed by atoms with van der Waals surface area (Å²) in [6.45, 7) is 9.21. The molecular formula is C16H26N4OS. The van der Waals surface area contributed by atoms with Gasteiger partial charge in [0.2, 0.25) is 0 Å². The zero-order valence-electron chi connectivity index (χ0n) is 13.9. The first kappa shape index (κ1) is 16.9. The zero-order chi connectivity index (χ0) is 16.3. The molecule has 0 amide bonds. The monoisotopic (exact) mass is 322 g/mol. The van der Waals surface area contributed by atoms with Crippen molar-refractivity contribution in [2.45, 2.75) is 65.8 Å². The number of rotatable bonds is 4. The van der Waals surface area contributed by atoms with Crippen LogP contribution in [0.4, 0.5) is 0 Å². The van der Waals surface area contributed by atoms with Gasteiger partial charge < -0.3 is 4.98 Å². The van der Waals surface area contributed by atoms with E-state index in [1.54, 1.807) is 0 Å². The number of nitrogens with one attached hydrogen (secondary N) is 2. The van der Waals surface area contributed by atoms with Crippen LogP contribution in [0.5, 0.6) is 0 Å². The molecule has 0 radical (unpaired) electrons.